The van der Waals surface area contributed by atoms with Crippen LogP contribution in [0.25, 0.3) is 6.08 Å². The van der Waals surface area contributed by atoms with Crippen LogP contribution in [0.3, 0.4) is 0 Å². The molecule has 1 amide bonds. The smallest absolute Gasteiger partial charge is 0.246 e. The number of amides is 1. The highest BCUT2D eigenvalue weighted by atomic mass is 32.1. The molecule has 122 valence electrons. The Morgan fingerprint density at radius 1 is 1.35 bits per heavy atom. The molecule has 1 saturated heterocycles. The number of hydrogen-bond donors (Lipinski definition) is 0. The first kappa shape index (κ1) is 16.0. The normalized spacial score (nSPS) is 16.3. The van der Waals surface area contributed by atoms with E-state index in [0.717, 1.165) is 49.1 Å². The van der Waals surface area contributed by atoms with Crippen molar-refractivity contribution in [2.24, 2.45) is 0 Å². The topological polar surface area (TPSA) is 49.6 Å². The van der Waals surface area contributed by atoms with Crippen LogP contribution in [0, 0.1) is 13.8 Å². The Morgan fingerprint density at radius 2 is 2.13 bits per heavy atom. The van der Waals surface area contributed by atoms with E-state index in [2.05, 4.69) is 10.1 Å². The van der Waals surface area contributed by atoms with Crippen molar-refractivity contribution < 1.29 is 9.32 Å². The molecule has 0 radical (unpaired) electrons. The molecular weight excluding hydrogens is 310 g/mol. The standard InChI is InChI=1S/C17H21N3O2S/c1-13-16(14(2)22-18-13)12-19-7-9-20(10-8-19)17(21)6-5-15-4-3-11-23-15/h3-6,11H,7-10,12H2,1-2H3. The predicted octanol–water partition coefficient (Wildman–Crippen LogP) is 2.71. The van der Waals surface area contributed by atoms with E-state index in [1.54, 1.807) is 17.4 Å². The van der Waals surface area contributed by atoms with Gasteiger partial charge in [-0.2, -0.15) is 0 Å². The molecule has 6 heteroatoms. The molecule has 3 heterocycles. The zero-order chi connectivity index (χ0) is 16.2. The number of carbonyl (C=O) groups is 1. The predicted molar refractivity (Wildman–Crippen MR) is 91.2 cm³/mol. The molecule has 1 fully saturated rings. The molecule has 0 aromatic carbocycles. The average molecular weight is 331 g/mol. The number of hydrogen-bond acceptors (Lipinski definition) is 5. The van der Waals surface area contributed by atoms with Gasteiger partial charge < -0.3 is 9.42 Å². The van der Waals surface area contributed by atoms with Crippen molar-refractivity contribution in [2.75, 3.05) is 26.2 Å². The van der Waals surface area contributed by atoms with Crippen LogP contribution in [0.1, 0.15) is 21.9 Å². The Bertz CT molecular complexity index is 663. The zero-order valence-corrected chi connectivity index (χ0v) is 14.3. The second-order valence-electron chi connectivity index (χ2n) is 5.75. The molecule has 1 aliphatic rings. The van der Waals surface area contributed by atoms with E-state index in [1.165, 1.54) is 5.56 Å². The van der Waals surface area contributed by atoms with E-state index in [9.17, 15) is 4.79 Å². The lowest BCUT2D eigenvalue weighted by atomic mass is 10.2. The number of piperazine rings is 1. The lowest BCUT2D eigenvalue weighted by Crippen LogP contribution is -2.47. The van der Waals surface area contributed by atoms with Gasteiger partial charge in [-0.3, -0.25) is 9.69 Å². The van der Waals surface area contributed by atoms with E-state index in [1.807, 2.05) is 42.3 Å². The summed E-state index contributed by atoms with van der Waals surface area (Å²) in [4.78, 5) is 17.6. The number of aryl methyl sites for hydroxylation is 2. The Morgan fingerprint density at radius 3 is 2.74 bits per heavy atom. The van der Waals surface area contributed by atoms with Crippen LogP contribution >= 0.6 is 11.3 Å². The van der Waals surface area contributed by atoms with Gasteiger partial charge in [0.05, 0.1) is 5.69 Å². The zero-order valence-electron chi connectivity index (χ0n) is 13.5. The van der Waals surface area contributed by atoms with E-state index >= 15 is 0 Å². The number of rotatable bonds is 4. The number of aromatic nitrogens is 1. The van der Waals surface area contributed by atoms with Gasteiger partial charge in [-0.25, -0.2) is 0 Å². The third-order valence-electron chi connectivity index (χ3n) is 4.18. The maximum atomic E-state index is 12.2. The van der Waals surface area contributed by atoms with Crippen LogP contribution in [-0.2, 0) is 11.3 Å². The lowest BCUT2D eigenvalue weighted by molar-refractivity contribution is -0.127. The van der Waals surface area contributed by atoms with Gasteiger partial charge in [-0.1, -0.05) is 11.2 Å². The van der Waals surface area contributed by atoms with Crippen molar-refractivity contribution >= 4 is 23.3 Å². The molecule has 0 N–H and O–H groups in total. The van der Waals surface area contributed by atoms with E-state index in [-0.39, 0.29) is 5.91 Å². The van der Waals surface area contributed by atoms with Crippen molar-refractivity contribution in [3.63, 3.8) is 0 Å². The highest BCUT2D eigenvalue weighted by molar-refractivity contribution is 7.10. The molecule has 2 aromatic rings. The van der Waals surface area contributed by atoms with Crippen LogP contribution < -0.4 is 0 Å². The van der Waals surface area contributed by atoms with Crippen LogP contribution in [0.15, 0.2) is 28.1 Å². The fraction of sp³-hybridized carbons (Fsp3) is 0.412. The minimum absolute atomic E-state index is 0.0930. The fourth-order valence-electron chi connectivity index (χ4n) is 2.72. The van der Waals surface area contributed by atoms with Crippen LogP contribution in [0.5, 0.6) is 0 Å². The van der Waals surface area contributed by atoms with E-state index < -0.39 is 0 Å². The van der Waals surface area contributed by atoms with Gasteiger partial charge in [0.15, 0.2) is 0 Å². The second-order valence-corrected chi connectivity index (χ2v) is 6.73. The third kappa shape index (κ3) is 3.89. The molecular formula is C17H21N3O2S. The summed E-state index contributed by atoms with van der Waals surface area (Å²) >= 11 is 1.64. The van der Waals surface area contributed by atoms with Gasteiger partial charge in [0.25, 0.3) is 0 Å². The summed E-state index contributed by atoms with van der Waals surface area (Å²) in [5.41, 5.74) is 2.13. The van der Waals surface area contributed by atoms with Crippen LogP contribution in [0.4, 0.5) is 0 Å². The molecule has 23 heavy (non-hydrogen) atoms. The second kappa shape index (κ2) is 7.10. The molecule has 3 rings (SSSR count). The number of thiophene rings is 1. The molecule has 0 bridgehead atoms. The van der Waals surface area contributed by atoms with Crippen molar-refractivity contribution in [1.29, 1.82) is 0 Å². The Kier molecular flexibility index (Phi) is 4.93. The largest absolute Gasteiger partial charge is 0.361 e. The maximum Gasteiger partial charge on any atom is 0.246 e. The molecule has 0 atom stereocenters. The van der Waals surface area contributed by atoms with E-state index in [0.29, 0.717) is 0 Å². The summed E-state index contributed by atoms with van der Waals surface area (Å²) in [7, 11) is 0. The summed E-state index contributed by atoms with van der Waals surface area (Å²) in [6, 6.07) is 4.00. The van der Waals surface area contributed by atoms with Gasteiger partial charge >= 0.3 is 0 Å². The van der Waals surface area contributed by atoms with Gasteiger partial charge in [0, 0.05) is 49.2 Å². The molecule has 0 aliphatic carbocycles. The SMILES string of the molecule is Cc1noc(C)c1CN1CCN(C(=O)C=Cc2cccs2)CC1. The number of carbonyl (C=O) groups excluding carboxylic acids is 1. The van der Waals surface area contributed by atoms with Gasteiger partial charge in [0.2, 0.25) is 5.91 Å². The van der Waals surface area contributed by atoms with Crippen molar-refractivity contribution in [2.45, 2.75) is 20.4 Å². The van der Waals surface area contributed by atoms with E-state index in [4.69, 9.17) is 4.52 Å². The molecule has 2 aromatic heterocycles. The summed E-state index contributed by atoms with van der Waals surface area (Å²) in [6.07, 6.45) is 3.57. The van der Waals surface area contributed by atoms with Gasteiger partial charge in [-0.15, -0.1) is 11.3 Å². The van der Waals surface area contributed by atoms with Crippen molar-refractivity contribution in [1.82, 2.24) is 15.0 Å². The fourth-order valence-corrected chi connectivity index (χ4v) is 3.34. The minimum Gasteiger partial charge on any atom is -0.361 e. The molecule has 1 aliphatic heterocycles. The van der Waals surface area contributed by atoms with Crippen LogP contribution in [0.2, 0.25) is 0 Å². The molecule has 0 unspecified atom stereocenters. The summed E-state index contributed by atoms with van der Waals surface area (Å²) < 4.78 is 5.21. The summed E-state index contributed by atoms with van der Waals surface area (Å²) in [5, 5.41) is 6.01. The van der Waals surface area contributed by atoms with Gasteiger partial charge in [-0.05, 0) is 31.4 Å². The van der Waals surface area contributed by atoms with Gasteiger partial charge in [0.1, 0.15) is 5.76 Å². The third-order valence-corrected chi connectivity index (χ3v) is 5.02. The Hall–Kier alpha value is -1.92. The first-order chi connectivity index (χ1) is 11.1. The molecule has 0 spiro atoms. The van der Waals surface area contributed by atoms with Crippen LogP contribution in [-0.4, -0.2) is 47.0 Å². The molecule has 0 saturated carbocycles. The monoisotopic (exact) mass is 331 g/mol. The Balaban J connectivity index is 1.51. The molecule has 5 nitrogen and oxygen atoms in total. The lowest BCUT2D eigenvalue weighted by Gasteiger charge is -2.34. The number of nitrogens with zero attached hydrogens (tertiary/aromatic N) is 3. The quantitative estimate of drug-likeness (QED) is 0.808. The summed E-state index contributed by atoms with van der Waals surface area (Å²) in [5.74, 6) is 0.982. The highest BCUT2D eigenvalue weighted by Gasteiger charge is 2.21. The maximum absolute atomic E-state index is 12.2. The Labute approximate surface area is 140 Å². The summed E-state index contributed by atoms with van der Waals surface area (Å²) in [6.45, 7) is 8.04. The average Bonchev–Trinajstić information content (AvgIpc) is 3.18. The highest BCUT2D eigenvalue weighted by Crippen LogP contribution is 2.16. The minimum atomic E-state index is 0.0930. The first-order valence-corrected chi connectivity index (χ1v) is 8.66. The van der Waals surface area contributed by atoms with Crippen molar-refractivity contribution in [3.8, 4) is 0 Å². The van der Waals surface area contributed by atoms with Crippen molar-refractivity contribution in [3.05, 3.63) is 45.5 Å². The first-order valence-electron chi connectivity index (χ1n) is 7.78.